The molecule has 1 amide bonds. The molecular formula is C30H28N2O6S. The third kappa shape index (κ3) is 6.32. The SMILES string of the molecule is Cc1ccc(S(=O)(=O)N(CC(=O)NC[C@@H]2COc3ccccc3O2)c2ccc(Oc3ccccc3)cc2)cc1. The van der Waals surface area contributed by atoms with Crippen LogP contribution in [0.15, 0.2) is 108 Å². The molecule has 1 aliphatic rings. The summed E-state index contributed by atoms with van der Waals surface area (Å²) in [7, 11) is -4.05. The molecule has 0 saturated carbocycles. The number of benzene rings is 4. The first-order valence-electron chi connectivity index (χ1n) is 12.5. The van der Waals surface area contributed by atoms with Crippen LogP contribution in [0.25, 0.3) is 0 Å². The molecule has 5 rings (SSSR count). The molecular weight excluding hydrogens is 516 g/mol. The molecule has 4 aromatic rings. The van der Waals surface area contributed by atoms with Crippen LogP contribution in [0.2, 0.25) is 0 Å². The second-order valence-corrected chi connectivity index (χ2v) is 10.9. The van der Waals surface area contributed by atoms with Gasteiger partial charge in [-0.05, 0) is 67.6 Å². The number of hydrogen-bond acceptors (Lipinski definition) is 6. The van der Waals surface area contributed by atoms with Crippen LogP contribution in [0.3, 0.4) is 0 Å². The number of amides is 1. The van der Waals surface area contributed by atoms with E-state index in [4.69, 9.17) is 14.2 Å². The minimum absolute atomic E-state index is 0.0890. The standard InChI is InChI=1S/C30H28N2O6S/c1-22-11-17-27(18-12-22)39(34,35)32(23-13-15-25(16-14-23)37-24-7-3-2-4-8-24)20-30(33)31-19-26-21-36-28-9-5-6-10-29(28)38-26/h2-18,26H,19-21H2,1H3,(H,31,33)/t26-/m1/s1. The molecule has 8 nitrogen and oxygen atoms in total. The van der Waals surface area contributed by atoms with Gasteiger partial charge in [-0.15, -0.1) is 0 Å². The van der Waals surface area contributed by atoms with Gasteiger partial charge in [-0.3, -0.25) is 9.10 Å². The maximum atomic E-state index is 13.7. The molecule has 0 aliphatic carbocycles. The third-order valence-electron chi connectivity index (χ3n) is 6.09. The first kappa shape index (κ1) is 26.1. The highest BCUT2D eigenvalue weighted by molar-refractivity contribution is 7.92. The van der Waals surface area contributed by atoms with Crippen LogP contribution >= 0.6 is 0 Å². The largest absolute Gasteiger partial charge is 0.486 e. The Morgan fingerprint density at radius 3 is 2.23 bits per heavy atom. The van der Waals surface area contributed by atoms with E-state index in [-0.39, 0.29) is 18.0 Å². The molecule has 39 heavy (non-hydrogen) atoms. The number of para-hydroxylation sites is 3. The number of fused-ring (bicyclic) bond motifs is 1. The molecule has 0 spiro atoms. The zero-order chi connectivity index (χ0) is 27.2. The first-order chi connectivity index (χ1) is 18.9. The van der Waals surface area contributed by atoms with E-state index in [0.717, 1.165) is 9.87 Å². The van der Waals surface area contributed by atoms with Gasteiger partial charge in [-0.25, -0.2) is 8.42 Å². The molecule has 4 aromatic carbocycles. The summed E-state index contributed by atoms with van der Waals surface area (Å²) in [5.74, 6) is 1.97. The fourth-order valence-electron chi connectivity index (χ4n) is 4.04. The fraction of sp³-hybridized carbons (Fsp3) is 0.167. The van der Waals surface area contributed by atoms with Crippen molar-refractivity contribution < 1.29 is 27.4 Å². The summed E-state index contributed by atoms with van der Waals surface area (Å²) in [4.78, 5) is 13.1. The Bertz CT molecular complexity index is 1520. The summed E-state index contributed by atoms with van der Waals surface area (Å²) >= 11 is 0. The van der Waals surface area contributed by atoms with Crippen molar-refractivity contribution in [1.29, 1.82) is 0 Å². The number of carbonyl (C=O) groups is 1. The van der Waals surface area contributed by atoms with Gasteiger partial charge in [0.05, 0.1) is 17.1 Å². The lowest BCUT2D eigenvalue weighted by Gasteiger charge is -2.27. The minimum Gasteiger partial charge on any atom is -0.486 e. The molecule has 0 radical (unpaired) electrons. The van der Waals surface area contributed by atoms with Crippen molar-refractivity contribution in [1.82, 2.24) is 5.32 Å². The van der Waals surface area contributed by atoms with E-state index in [2.05, 4.69) is 5.32 Å². The second-order valence-electron chi connectivity index (χ2n) is 9.04. The topological polar surface area (TPSA) is 94.2 Å². The van der Waals surface area contributed by atoms with Crippen molar-refractivity contribution in [2.24, 2.45) is 0 Å². The number of hydrogen-bond donors (Lipinski definition) is 1. The Balaban J connectivity index is 1.32. The Morgan fingerprint density at radius 1 is 0.872 bits per heavy atom. The lowest BCUT2D eigenvalue weighted by Crippen LogP contribution is -2.45. The summed E-state index contributed by atoms with van der Waals surface area (Å²) in [6.45, 7) is 1.89. The Morgan fingerprint density at radius 2 is 1.51 bits per heavy atom. The summed E-state index contributed by atoms with van der Waals surface area (Å²) < 4.78 is 45.9. The molecule has 1 heterocycles. The van der Waals surface area contributed by atoms with Crippen LogP contribution in [0, 0.1) is 6.92 Å². The number of anilines is 1. The summed E-state index contributed by atoms with van der Waals surface area (Å²) in [6, 6.07) is 29.7. The van der Waals surface area contributed by atoms with E-state index in [1.165, 1.54) is 12.1 Å². The maximum Gasteiger partial charge on any atom is 0.264 e. The molecule has 0 aromatic heterocycles. The summed E-state index contributed by atoms with van der Waals surface area (Å²) in [5.41, 5.74) is 1.26. The van der Waals surface area contributed by atoms with Crippen LogP contribution in [-0.2, 0) is 14.8 Å². The molecule has 1 aliphatic heterocycles. The van der Waals surface area contributed by atoms with Gasteiger partial charge in [0.2, 0.25) is 5.91 Å². The number of rotatable bonds is 9. The van der Waals surface area contributed by atoms with E-state index < -0.39 is 28.6 Å². The van der Waals surface area contributed by atoms with Gasteiger partial charge >= 0.3 is 0 Å². The molecule has 0 unspecified atom stereocenters. The quantitative estimate of drug-likeness (QED) is 0.321. The van der Waals surface area contributed by atoms with Crippen molar-refractivity contribution in [3.05, 3.63) is 109 Å². The van der Waals surface area contributed by atoms with Crippen LogP contribution in [0.4, 0.5) is 5.69 Å². The van der Waals surface area contributed by atoms with E-state index in [9.17, 15) is 13.2 Å². The van der Waals surface area contributed by atoms with Crippen LogP contribution in [0.1, 0.15) is 5.56 Å². The van der Waals surface area contributed by atoms with Gasteiger partial charge in [-0.2, -0.15) is 0 Å². The van der Waals surface area contributed by atoms with Crippen LogP contribution in [-0.4, -0.2) is 40.1 Å². The van der Waals surface area contributed by atoms with Gasteiger partial charge in [0, 0.05) is 0 Å². The first-order valence-corrected chi connectivity index (χ1v) is 13.9. The van der Waals surface area contributed by atoms with Gasteiger partial charge in [0.1, 0.15) is 30.8 Å². The zero-order valence-electron chi connectivity index (χ0n) is 21.3. The summed E-state index contributed by atoms with van der Waals surface area (Å²) in [5, 5.41) is 2.79. The minimum atomic E-state index is -4.05. The number of ether oxygens (including phenoxy) is 3. The van der Waals surface area contributed by atoms with Gasteiger partial charge in [0.15, 0.2) is 11.5 Å². The van der Waals surface area contributed by atoms with Gasteiger partial charge in [0.25, 0.3) is 10.0 Å². The molecule has 200 valence electrons. The number of aryl methyl sites for hydroxylation is 1. The molecule has 0 fully saturated rings. The van der Waals surface area contributed by atoms with Crippen molar-refractivity contribution in [3.63, 3.8) is 0 Å². The summed E-state index contributed by atoms with van der Waals surface area (Å²) in [6.07, 6.45) is -0.402. The Kier molecular flexibility index (Phi) is 7.69. The van der Waals surface area contributed by atoms with Crippen LogP contribution in [0.5, 0.6) is 23.0 Å². The van der Waals surface area contributed by atoms with Crippen molar-refractivity contribution in [2.75, 3.05) is 24.0 Å². The van der Waals surface area contributed by atoms with Gasteiger partial charge < -0.3 is 19.5 Å². The number of sulfonamides is 1. The van der Waals surface area contributed by atoms with Crippen molar-refractivity contribution >= 4 is 21.6 Å². The number of nitrogens with zero attached hydrogens (tertiary/aromatic N) is 1. The molecule has 9 heteroatoms. The predicted molar refractivity (Wildman–Crippen MR) is 148 cm³/mol. The highest BCUT2D eigenvalue weighted by Gasteiger charge is 2.28. The zero-order valence-corrected chi connectivity index (χ0v) is 22.1. The molecule has 0 saturated heterocycles. The van der Waals surface area contributed by atoms with Gasteiger partial charge in [-0.1, -0.05) is 48.0 Å². The lowest BCUT2D eigenvalue weighted by atomic mass is 10.2. The number of nitrogens with one attached hydrogen (secondary N) is 1. The maximum absolute atomic E-state index is 13.7. The van der Waals surface area contributed by atoms with Crippen molar-refractivity contribution in [3.8, 4) is 23.0 Å². The lowest BCUT2D eigenvalue weighted by molar-refractivity contribution is -0.120. The van der Waals surface area contributed by atoms with E-state index in [1.54, 1.807) is 42.5 Å². The average molecular weight is 545 g/mol. The smallest absolute Gasteiger partial charge is 0.264 e. The van der Waals surface area contributed by atoms with E-state index in [1.807, 2.05) is 55.5 Å². The highest BCUT2D eigenvalue weighted by atomic mass is 32.2. The predicted octanol–water partition coefficient (Wildman–Crippen LogP) is 4.94. The molecule has 1 N–H and O–H groups in total. The fourth-order valence-corrected chi connectivity index (χ4v) is 5.46. The Labute approximate surface area is 227 Å². The second kappa shape index (κ2) is 11.5. The van der Waals surface area contributed by atoms with E-state index >= 15 is 0 Å². The normalized spacial score (nSPS) is 14.3. The monoisotopic (exact) mass is 544 g/mol. The Hall–Kier alpha value is -4.50. The molecule has 0 bridgehead atoms. The molecule has 1 atom stereocenters. The van der Waals surface area contributed by atoms with Crippen LogP contribution < -0.4 is 23.8 Å². The highest BCUT2D eigenvalue weighted by Crippen LogP contribution is 2.31. The average Bonchev–Trinajstić information content (AvgIpc) is 2.96. The third-order valence-corrected chi connectivity index (χ3v) is 7.88. The number of carbonyl (C=O) groups excluding carboxylic acids is 1. The van der Waals surface area contributed by atoms with E-state index in [0.29, 0.717) is 28.7 Å². The van der Waals surface area contributed by atoms with Crippen molar-refractivity contribution in [2.45, 2.75) is 17.9 Å².